The van der Waals surface area contributed by atoms with Gasteiger partial charge in [0.15, 0.2) is 6.29 Å². The summed E-state index contributed by atoms with van der Waals surface area (Å²) in [5.41, 5.74) is 12.2. The number of carbonyl (C=O) groups excluding carboxylic acids is 1. The third-order valence-electron chi connectivity index (χ3n) is 7.57. The van der Waals surface area contributed by atoms with Crippen LogP contribution in [0.2, 0.25) is 0 Å². The van der Waals surface area contributed by atoms with Gasteiger partial charge in [-0.2, -0.15) is 0 Å². The Bertz CT molecular complexity index is 1310. The smallest absolute Gasteiger partial charge is 0.410 e. The fourth-order valence-electron chi connectivity index (χ4n) is 5.34. The molecule has 1 amide bonds. The number of unbranched alkanes of at least 4 members (excludes halogenated alkanes) is 2. The summed E-state index contributed by atoms with van der Waals surface area (Å²) < 4.78 is 29.9. The van der Waals surface area contributed by atoms with E-state index >= 15 is 0 Å². The third-order valence-corrected chi connectivity index (χ3v) is 7.57. The summed E-state index contributed by atoms with van der Waals surface area (Å²) in [6, 6.07) is 28.8. The number of nitrogens with zero attached hydrogens (tertiary/aromatic N) is 4. The van der Waals surface area contributed by atoms with Crippen molar-refractivity contribution in [2.24, 2.45) is 5.11 Å². The molecular weight excluding hydrogens is 548 g/mol. The molecule has 2 unspecified atom stereocenters. The van der Waals surface area contributed by atoms with Crippen molar-refractivity contribution in [1.29, 1.82) is 0 Å². The first-order valence-electron chi connectivity index (χ1n) is 14.8. The SMILES string of the molecule is [N-]=[N+]=N[C@@H]1C2OCC(O2)[C@@H](OCCCCCN(Cc2ccccc2)C(=O)OCc2ccccc2)[C@H]1OCc1ccccc1. The van der Waals surface area contributed by atoms with Crippen LogP contribution >= 0.6 is 0 Å². The number of ether oxygens (including phenoxy) is 5. The Balaban J connectivity index is 1.12. The molecule has 3 aromatic carbocycles. The van der Waals surface area contributed by atoms with Gasteiger partial charge in [0.05, 0.1) is 13.2 Å². The molecule has 2 heterocycles. The predicted molar refractivity (Wildman–Crippen MR) is 160 cm³/mol. The van der Waals surface area contributed by atoms with Crippen LogP contribution in [0.25, 0.3) is 10.4 Å². The highest BCUT2D eigenvalue weighted by atomic mass is 16.7. The van der Waals surface area contributed by atoms with Crippen molar-refractivity contribution in [3.63, 3.8) is 0 Å². The van der Waals surface area contributed by atoms with E-state index in [1.165, 1.54) is 0 Å². The van der Waals surface area contributed by atoms with Crippen LogP contribution in [0.5, 0.6) is 0 Å². The summed E-state index contributed by atoms with van der Waals surface area (Å²) >= 11 is 0. The Kier molecular flexibility index (Phi) is 11.4. The number of hydrogen-bond acceptors (Lipinski definition) is 7. The molecule has 5 atom stereocenters. The van der Waals surface area contributed by atoms with E-state index in [-0.39, 0.29) is 18.8 Å². The molecule has 0 aliphatic carbocycles. The van der Waals surface area contributed by atoms with Crippen LogP contribution in [-0.2, 0) is 43.4 Å². The number of fused-ring (bicyclic) bond motifs is 2. The largest absolute Gasteiger partial charge is 0.445 e. The molecule has 0 radical (unpaired) electrons. The Morgan fingerprint density at radius 1 is 0.837 bits per heavy atom. The van der Waals surface area contributed by atoms with Gasteiger partial charge in [0.25, 0.3) is 0 Å². The number of azide groups is 1. The zero-order valence-corrected chi connectivity index (χ0v) is 24.1. The van der Waals surface area contributed by atoms with Crippen LogP contribution in [0.4, 0.5) is 4.79 Å². The van der Waals surface area contributed by atoms with Crippen molar-refractivity contribution in [2.45, 2.75) is 69.7 Å². The molecule has 3 aromatic rings. The molecule has 2 aliphatic heterocycles. The molecule has 0 N–H and O–H groups in total. The molecule has 0 aromatic heterocycles. The second-order valence-electron chi connectivity index (χ2n) is 10.7. The first-order valence-corrected chi connectivity index (χ1v) is 14.8. The van der Waals surface area contributed by atoms with E-state index < -0.39 is 24.5 Å². The van der Waals surface area contributed by atoms with Crippen LogP contribution < -0.4 is 0 Å². The van der Waals surface area contributed by atoms with E-state index in [1.807, 2.05) is 91.0 Å². The molecule has 226 valence electrons. The Hall–Kier alpha value is -3.92. The molecule has 10 nitrogen and oxygen atoms in total. The van der Waals surface area contributed by atoms with Crippen molar-refractivity contribution >= 4 is 6.09 Å². The topological polar surface area (TPSA) is 115 Å². The van der Waals surface area contributed by atoms with Crippen molar-refractivity contribution in [3.05, 3.63) is 118 Å². The van der Waals surface area contributed by atoms with Gasteiger partial charge in [0, 0.05) is 24.6 Å². The lowest BCUT2D eigenvalue weighted by molar-refractivity contribution is -0.209. The van der Waals surface area contributed by atoms with E-state index in [0.717, 1.165) is 36.0 Å². The highest BCUT2D eigenvalue weighted by Crippen LogP contribution is 2.34. The average molecular weight is 587 g/mol. The maximum absolute atomic E-state index is 13.0. The zero-order valence-electron chi connectivity index (χ0n) is 24.1. The van der Waals surface area contributed by atoms with Gasteiger partial charge in [-0.1, -0.05) is 96.1 Å². The first-order chi connectivity index (χ1) is 21.2. The zero-order chi connectivity index (χ0) is 29.7. The van der Waals surface area contributed by atoms with Crippen LogP contribution in [0.15, 0.2) is 96.1 Å². The second kappa shape index (κ2) is 16.1. The quantitative estimate of drug-likeness (QED) is 0.0881. The molecule has 10 heteroatoms. The van der Waals surface area contributed by atoms with Gasteiger partial charge in [0.1, 0.15) is 31.0 Å². The highest BCUT2D eigenvalue weighted by Gasteiger charge is 2.51. The normalized spacial score (nSPS) is 22.5. The molecule has 2 fully saturated rings. The number of amides is 1. The molecule has 2 bridgehead atoms. The lowest BCUT2D eigenvalue weighted by Gasteiger charge is -2.38. The minimum Gasteiger partial charge on any atom is -0.445 e. The Labute approximate surface area is 252 Å². The van der Waals surface area contributed by atoms with Crippen molar-refractivity contribution in [1.82, 2.24) is 4.90 Å². The summed E-state index contributed by atoms with van der Waals surface area (Å²) in [5, 5.41) is 3.95. The Morgan fingerprint density at radius 2 is 1.49 bits per heavy atom. The van der Waals surface area contributed by atoms with E-state index in [4.69, 9.17) is 23.7 Å². The van der Waals surface area contributed by atoms with Crippen molar-refractivity contribution in [3.8, 4) is 0 Å². The van der Waals surface area contributed by atoms with E-state index in [0.29, 0.717) is 32.9 Å². The number of carbonyl (C=O) groups is 1. The van der Waals surface area contributed by atoms with Gasteiger partial charge in [-0.3, -0.25) is 0 Å². The minimum atomic E-state index is -0.647. The summed E-state index contributed by atoms with van der Waals surface area (Å²) in [6.45, 7) is 2.47. The minimum absolute atomic E-state index is 0.234. The summed E-state index contributed by atoms with van der Waals surface area (Å²) in [5.74, 6) is 0. The van der Waals surface area contributed by atoms with Gasteiger partial charge in [-0.25, -0.2) is 4.79 Å². The number of hydrogen-bond donors (Lipinski definition) is 0. The van der Waals surface area contributed by atoms with Crippen LogP contribution in [0, 0.1) is 0 Å². The third kappa shape index (κ3) is 8.79. The monoisotopic (exact) mass is 586 g/mol. The highest BCUT2D eigenvalue weighted by molar-refractivity contribution is 5.67. The maximum Gasteiger partial charge on any atom is 0.410 e. The van der Waals surface area contributed by atoms with Crippen molar-refractivity contribution < 1.29 is 28.5 Å². The van der Waals surface area contributed by atoms with E-state index in [9.17, 15) is 10.3 Å². The molecule has 5 rings (SSSR count). The van der Waals surface area contributed by atoms with Gasteiger partial charge in [-0.15, -0.1) is 0 Å². The summed E-state index contributed by atoms with van der Waals surface area (Å²) in [7, 11) is 0. The molecule has 2 saturated heterocycles. The first kappa shape index (κ1) is 30.5. The van der Waals surface area contributed by atoms with Crippen molar-refractivity contribution in [2.75, 3.05) is 19.8 Å². The predicted octanol–water partition coefficient (Wildman–Crippen LogP) is 6.40. The van der Waals surface area contributed by atoms with Gasteiger partial charge < -0.3 is 28.6 Å². The standard InChI is InChI=1S/C33H38N4O6/c34-36-35-29-31(40-22-26-15-7-2-8-16-26)30(28-24-41-32(29)43-28)39-20-12-4-11-19-37(21-25-13-5-1-6-14-25)33(38)42-23-27-17-9-3-10-18-27/h1-3,5-10,13-18,28-32H,4,11-12,19-24H2/t28?,29-,30+,31-,32?/m0/s1. The fraction of sp³-hybridized carbons (Fsp3) is 0.424. The van der Waals surface area contributed by atoms with Gasteiger partial charge in [0.2, 0.25) is 0 Å². The molecule has 0 saturated carbocycles. The number of rotatable bonds is 15. The van der Waals surface area contributed by atoms with E-state index in [2.05, 4.69) is 10.0 Å². The van der Waals surface area contributed by atoms with Crippen LogP contribution in [0.3, 0.4) is 0 Å². The molecule has 0 spiro atoms. The lowest BCUT2D eigenvalue weighted by atomic mass is 9.98. The molecular formula is C33H38N4O6. The average Bonchev–Trinajstić information content (AvgIpc) is 3.49. The Morgan fingerprint density at radius 3 is 2.16 bits per heavy atom. The summed E-state index contributed by atoms with van der Waals surface area (Å²) in [6.07, 6.45) is 0.232. The maximum atomic E-state index is 13.0. The lowest BCUT2D eigenvalue weighted by Crippen LogP contribution is -2.55. The fourth-order valence-corrected chi connectivity index (χ4v) is 5.34. The van der Waals surface area contributed by atoms with Gasteiger partial charge in [-0.05, 0) is 41.5 Å². The second-order valence-corrected chi connectivity index (χ2v) is 10.7. The summed E-state index contributed by atoms with van der Waals surface area (Å²) in [4.78, 5) is 17.8. The van der Waals surface area contributed by atoms with Crippen LogP contribution in [0.1, 0.15) is 36.0 Å². The van der Waals surface area contributed by atoms with Gasteiger partial charge >= 0.3 is 6.09 Å². The number of benzene rings is 3. The molecule has 43 heavy (non-hydrogen) atoms. The molecule has 2 aliphatic rings. The van der Waals surface area contributed by atoms with E-state index in [1.54, 1.807) is 4.90 Å². The van der Waals surface area contributed by atoms with Crippen LogP contribution in [-0.4, -0.2) is 61.4 Å².